The standard InChI is InChI=1S/C17H27N3O3/c1-12-7-15(23-18-12)8-13-9-20(10-16(13)21)17(22)11-19(2)14-5-3-4-6-14/h7,13-14,16,21H,3-6,8-11H2,1-2H3/t13-,16+/m1/s1. The molecule has 2 aliphatic rings. The third kappa shape index (κ3) is 3.93. The molecule has 6 nitrogen and oxygen atoms in total. The van der Waals surface area contributed by atoms with E-state index >= 15 is 0 Å². The van der Waals surface area contributed by atoms with E-state index in [0.29, 0.717) is 32.1 Å². The average Bonchev–Trinajstić information content (AvgIpc) is 3.22. The molecule has 0 aromatic carbocycles. The molecular weight excluding hydrogens is 294 g/mol. The predicted octanol–water partition coefficient (Wildman–Crippen LogP) is 1.22. The van der Waals surface area contributed by atoms with Gasteiger partial charge in [-0.3, -0.25) is 9.69 Å². The molecule has 6 heteroatoms. The highest BCUT2D eigenvalue weighted by atomic mass is 16.5. The van der Waals surface area contributed by atoms with Crippen LogP contribution in [0.2, 0.25) is 0 Å². The molecule has 1 N–H and O–H groups in total. The summed E-state index contributed by atoms with van der Waals surface area (Å²) < 4.78 is 5.23. The Balaban J connectivity index is 1.51. The molecule has 3 rings (SSSR count). The van der Waals surface area contributed by atoms with E-state index in [0.717, 1.165) is 11.5 Å². The average molecular weight is 321 g/mol. The first-order valence-electron chi connectivity index (χ1n) is 8.61. The number of likely N-dealkylation sites (tertiary alicyclic amines) is 1. The molecule has 23 heavy (non-hydrogen) atoms. The molecular formula is C17H27N3O3. The van der Waals surface area contributed by atoms with Gasteiger partial charge in [0.05, 0.1) is 18.3 Å². The number of β-amino-alcohol motifs (C(OH)–C–C–N with tert-alkyl or cyclic N) is 1. The van der Waals surface area contributed by atoms with Crippen LogP contribution in [0.4, 0.5) is 0 Å². The number of aliphatic hydroxyl groups is 1. The fourth-order valence-corrected chi connectivity index (χ4v) is 3.82. The Morgan fingerprint density at radius 3 is 2.83 bits per heavy atom. The summed E-state index contributed by atoms with van der Waals surface area (Å²) in [4.78, 5) is 16.5. The van der Waals surface area contributed by atoms with Gasteiger partial charge in [-0.1, -0.05) is 18.0 Å². The van der Waals surface area contributed by atoms with Gasteiger partial charge in [0.1, 0.15) is 5.76 Å². The summed E-state index contributed by atoms with van der Waals surface area (Å²) >= 11 is 0. The van der Waals surface area contributed by atoms with Gasteiger partial charge in [0.15, 0.2) is 0 Å². The fourth-order valence-electron chi connectivity index (χ4n) is 3.82. The summed E-state index contributed by atoms with van der Waals surface area (Å²) in [6, 6.07) is 2.44. The summed E-state index contributed by atoms with van der Waals surface area (Å²) in [6.45, 7) is 3.35. The lowest BCUT2D eigenvalue weighted by molar-refractivity contribution is -0.132. The van der Waals surface area contributed by atoms with Crippen LogP contribution in [0.3, 0.4) is 0 Å². The SMILES string of the molecule is Cc1cc(C[C@@H]2CN(C(=O)CN(C)C3CCCC3)C[C@@H]2O)on1. The monoisotopic (exact) mass is 321 g/mol. The van der Waals surface area contributed by atoms with E-state index in [4.69, 9.17) is 4.52 Å². The number of amides is 1. The number of aliphatic hydroxyl groups excluding tert-OH is 1. The molecule has 1 aliphatic heterocycles. The summed E-state index contributed by atoms with van der Waals surface area (Å²) in [7, 11) is 2.04. The van der Waals surface area contributed by atoms with E-state index in [-0.39, 0.29) is 11.8 Å². The zero-order valence-corrected chi connectivity index (χ0v) is 14.1. The number of hydrogen-bond donors (Lipinski definition) is 1. The van der Waals surface area contributed by atoms with E-state index in [1.165, 1.54) is 25.7 Å². The van der Waals surface area contributed by atoms with Gasteiger partial charge >= 0.3 is 0 Å². The Kier molecular flexibility index (Phi) is 5.02. The third-order valence-electron chi connectivity index (χ3n) is 5.23. The zero-order valence-electron chi connectivity index (χ0n) is 14.1. The molecule has 2 atom stereocenters. The maximum Gasteiger partial charge on any atom is 0.236 e. The molecule has 1 amide bonds. The van der Waals surface area contributed by atoms with Crippen LogP contribution in [0.15, 0.2) is 10.6 Å². The Morgan fingerprint density at radius 2 is 2.17 bits per heavy atom. The van der Waals surface area contributed by atoms with Crippen LogP contribution in [-0.4, -0.2) is 64.8 Å². The maximum atomic E-state index is 12.5. The number of carbonyl (C=O) groups excluding carboxylic acids is 1. The number of aromatic nitrogens is 1. The minimum Gasteiger partial charge on any atom is -0.391 e. The first-order valence-corrected chi connectivity index (χ1v) is 8.61. The number of carbonyl (C=O) groups is 1. The van der Waals surface area contributed by atoms with Crippen LogP contribution in [-0.2, 0) is 11.2 Å². The minimum atomic E-state index is -0.485. The number of aryl methyl sites for hydroxylation is 1. The first kappa shape index (κ1) is 16.5. The van der Waals surface area contributed by atoms with E-state index in [1.807, 2.05) is 20.0 Å². The van der Waals surface area contributed by atoms with Gasteiger partial charge in [-0.15, -0.1) is 0 Å². The summed E-state index contributed by atoms with van der Waals surface area (Å²) in [6.07, 6.45) is 5.07. The van der Waals surface area contributed by atoms with Crippen molar-refractivity contribution in [1.82, 2.24) is 15.0 Å². The van der Waals surface area contributed by atoms with E-state index in [9.17, 15) is 9.90 Å². The van der Waals surface area contributed by atoms with E-state index < -0.39 is 6.10 Å². The van der Waals surface area contributed by atoms with Crippen molar-refractivity contribution in [2.75, 3.05) is 26.7 Å². The molecule has 0 unspecified atom stereocenters. The summed E-state index contributed by atoms with van der Waals surface area (Å²) in [5.41, 5.74) is 0.846. The molecule has 128 valence electrons. The Bertz CT molecular complexity index is 539. The van der Waals surface area contributed by atoms with Crippen LogP contribution in [0.25, 0.3) is 0 Å². The minimum absolute atomic E-state index is 0.0306. The lowest BCUT2D eigenvalue weighted by Gasteiger charge is -2.26. The van der Waals surface area contributed by atoms with Crippen molar-refractivity contribution in [3.63, 3.8) is 0 Å². The van der Waals surface area contributed by atoms with Gasteiger partial charge < -0.3 is 14.5 Å². The number of rotatable bonds is 5. The second-order valence-electron chi connectivity index (χ2n) is 7.12. The van der Waals surface area contributed by atoms with Crippen LogP contribution >= 0.6 is 0 Å². The molecule has 0 spiro atoms. The molecule has 1 saturated heterocycles. The van der Waals surface area contributed by atoms with E-state index in [2.05, 4.69) is 10.1 Å². The maximum absolute atomic E-state index is 12.5. The van der Waals surface area contributed by atoms with E-state index in [1.54, 1.807) is 4.90 Å². The van der Waals surface area contributed by atoms with Crippen molar-refractivity contribution in [2.24, 2.45) is 5.92 Å². The molecule has 0 bridgehead atoms. The molecule has 1 aromatic heterocycles. The second kappa shape index (κ2) is 7.01. The molecule has 2 fully saturated rings. The zero-order chi connectivity index (χ0) is 16.4. The molecule has 2 heterocycles. The summed E-state index contributed by atoms with van der Waals surface area (Å²) in [5.74, 6) is 0.932. The van der Waals surface area contributed by atoms with Crippen molar-refractivity contribution in [1.29, 1.82) is 0 Å². The van der Waals surface area contributed by atoms with Crippen molar-refractivity contribution >= 4 is 5.91 Å². The Morgan fingerprint density at radius 1 is 1.43 bits per heavy atom. The van der Waals surface area contributed by atoms with Gasteiger partial charge in [-0.2, -0.15) is 0 Å². The largest absolute Gasteiger partial charge is 0.391 e. The Hall–Kier alpha value is -1.40. The van der Waals surface area contributed by atoms with Gasteiger partial charge in [-0.25, -0.2) is 0 Å². The molecule has 1 aliphatic carbocycles. The van der Waals surface area contributed by atoms with Crippen molar-refractivity contribution < 1.29 is 14.4 Å². The predicted molar refractivity (Wildman–Crippen MR) is 85.9 cm³/mol. The van der Waals surface area contributed by atoms with Gasteiger partial charge in [-0.05, 0) is 26.8 Å². The highest BCUT2D eigenvalue weighted by molar-refractivity contribution is 5.78. The highest BCUT2D eigenvalue weighted by Crippen LogP contribution is 2.24. The van der Waals surface area contributed by atoms with Gasteiger partial charge in [0, 0.05) is 37.5 Å². The van der Waals surface area contributed by atoms with Crippen LogP contribution in [0, 0.1) is 12.8 Å². The molecule has 1 saturated carbocycles. The summed E-state index contributed by atoms with van der Waals surface area (Å²) in [5, 5.41) is 14.1. The topological polar surface area (TPSA) is 69.8 Å². The molecule has 0 radical (unpaired) electrons. The van der Waals surface area contributed by atoms with Crippen molar-refractivity contribution in [3.05, 3.63) is 17.5 Å². The quantitative estimate of drug-likeness (QED) is 0.883. The van der Waals surface area contributed by atoms with Crippen LogP contribution < -0.4 is 0 Å². The van der Waals surface area contributed by atoms with Crippen LogP contribution in [0.1, 0.15) is 37.1 Å². The van der Waals surface area contributed by atoms with Gasteiger partial charge in [0.25, 0.3) is 0 Å². The lowest BCUT2D eigenvalue weighted by atomic mass is 10.0. The third-order valence-corrected chi connectivity index (χ3v) is 5.23. The van der Waals surface area contributed by atoms with Crippen molar-refractivity contribution in [3.8, 4) is 0 Å². The number of hydrogen-bond acceptors (Lipinski definition) is 5. The Labute approximate surface area is 137 Å². The van der Waals surface area contributed by atoms with Crippen molar-refractivity contribution in [2.45, 2.75) is 51.2 Å². The normalized spacial score (nSPS) is 25.7. The second-order valence-corrected chi connectivity index (χ2v) is 7.12. The first-order chi connectivity index (χ1) is 11.0. The smallest absolute Gasteiger partial charge is 0.236 e. The lowest BCUT2D eigenvalue weighted by Crippen LogP contribution is -2.41. The fraction of sp³-hybridized carbons (Fsp3) is 0.765. The number of nitrogens with zero attached hydrogens (tertiary/aromatic N) is 3. The van der Waals surface area contributed by atoms with Crippen LogP contribution in [0.5, 0.6) is 0 Å². The van der Waals surface area contributed by atoms with Gasteiger partial charge in [0.2, 0.25) is 5.91 Å². The number of likely N-dealkylation sites (N-methyl/N-ethyl adjacent to an activating group) is 1. The molecule has 1 aromatic rings. The highest BCUT2D eigenvalue weighted by Gasteiger charge is 2.35.